The highest BCUT2D eigenvalue weighted by Gasteiger charge is 2.25. The summed E-state index contributed by atoms with van der Waals surface area (Å²) in [5, 5.41) is 0. The zero-order valence-corrected chi connectivity index (χ0v) is 7.64. The molecule has 0 bridgehead atoms. The molecule has 0 aromatic carbocycles. The van der Waals surface area contributed by atoms with Crippen molar-refractivity contribution in [1.29, 1.82) is 0 Å². The smallest absolute Gasteiger partial charge is 0.127 e. The second kappa shape index (κ2) is 3.38. The molecular weight excluding hydrogens is 158 g/mol. The SMILES string of the molecule is CC(C)C1=C(F)[C@@H](C)C(F)C=C1. The first-order valence-electron chi connectivity index (χ1n) is 4.26. The molecule has 1 aliphatic carbocycles. The van der Waals surface area contributed by atoms with Gasteiger partial charge in [0, 0.05) is 5.92 Å². The summed E-state index contributed by atoms with van der Waals surface area (Å²) >= 11 is 0. The first kappa shape index (κ1) is 9.43. The molecule has 2 heteroatoms. The highest BCUT2D eigenvalue weighted by atomic mass is 19.1. The molecule has 0 aromatic rings. The Hall–Kier alpha value is -0.660. The van der Waals surface area contributed by atoms with E-state index in [2.05, 4.69) is 0 Å². The third-order valence-electron chi connectivity index (χ3n) is 2.23. The second-order valence-electron chi connectivity index (χ2n) is 3.55. The summed E-state index contributed by atoms with van der Waals surface area (Å²) in [5.41, 5.74) is 0.636. The monoisotopic (exact) mass is 172 g/mol. The van der Waals surface area contributed by atoms with Crippen LogP contribution in [0.1, 0.15) is 20.8 Å². The van der Waals surface area contributed by atoms with E-state index in [1.807, 2.05) is 13.8 Å². The van der Waals surface area contributed by atoms with Crippen molar-refractivity contribution in [3.05, 3.63) is 23.6 Å². The molecule has 0 aliphatic heterocycles. The summed E-state index contributed by atoms with van der Waals surface area (Å²) in [5.74, 6) is -0.761. The molecule has 2 atom stereocenters. The molecule has 12 heavy (non-hydrogen) atoms. The standard InChI is InChI=1S/C10H14F2/c1-6(2)8-4-5-9(11)7(3)10(8)12/h4-7,9H,1-3H3/t7-,9?/m0/s1. The van der Waals surface area contributed by atoms with Gasteiger partial charge in [-0.3, -0.25) is 0 Å². The first-order chi connectivity index (χ1) is 5.54. The Balaban J connectivity index is 2.94. The fourth-order valence-corrected chi connectivity index (χ4v) is 1.31. The van der Waals surface area contributed by atoms with Crippen molar-refractivity contribution < 1.29 is 8.78 Å². The van der Waals surface area contributed by atoms with E-state index >= 15 is 0 Å². The van der Waals surface area contributed by atoms with Gasteiger partial charge >= 0.3 is 0 Å². The van der Waals surface area contributed by atoms with Crippen LogP contribution < -0.4 is 0 Å². The maximum atomic E-state index is 13.3. The van der Waals surface area contributed by atoms with E-state index in [1.54, 1.807) is 13.0 Å². The molecular formula is C10H14F2. The van der Waals surface area contributed by atoms with Gasteiger partial charge in [-0.25, -0.2) is 8.78 Å². The molecule has 0 heterocycles. The molecule has 68 valence electrons. The summed E-state index contributed by atoms with van der Waals surface area (Å²) in [7, 11) is 0. The summed E-state index contributed by atoms with van der Waals surface area (Å²) < 4.78 is 26.2. The minimum Gasteiger partial charge on any atom is -0.242 e. The van der Waals surface area contributed by atoms with Crippen LogP contribution in [0.2, 0.25) is 0 Å². The summed E-state index contributed by atoms with van der Waals surface area (Å²) in [6.45, 7) is 5.39. The van der Waals surface area contributed by atoms with Crippen molar-refractivity contribution >= 4 is 0 Å². The van der Waals surface area contributed by atoms with Crippen LogP contribution in [-0.2, 0) is 0 Å². The Kier molecular flexibility index (Phi) is 2.65. The van der Waals surface area contributed by atoms with Gasteiger partial charge in [0.2, 0.25) is 0 Å². The molecule has 0 spiro atoms. The van der Waals surface area contributed by atoms with Gasteiger partial charge in [0.15, 0.2) is 0 Å². The molecule has 0 nitrogen and oxygen atoms in total. The molecule has 0 saturated carbocycles. The van der Waals surface area contributed by atoms with Gasteiger partial charge in [0.1, 0.15) is 12.0 Å². The molecule has 0 aromatic heterocycles. The minimum absolute atomic E-state index is 0.135. The number of rotatable bonds is 1. The lowest BCUT2D eigenvalue weighted by molar-refractivity contribution is 0.285. The second-order valence-corrected chi connectivity index (χ2v) is 3.55. The fraction of sp³-hybridized carbons (Fsp3) is 0.600. The Morgan fingerprint density at radius 1 is 1.42 bits per heavy atom. The lowest BCUT2D eigenvalue weighted by atomic mass is 9.89. The number of alkyl halides is 1. The Morgan fingerprint density at radius 3 is 2.50 bits per heavy atom. The lowest BCUT2D eigenvalue weighted by Gasteiger charge is -2.21. The first-order valence-corrected chi connectivity index (χ1v) is 4.26. The van der Waals surface area contributed by atoms with Crippen molar-refractivity contribution in [3.63, 3.8) is 0 Å². The van der Waals surface area contributed by atoms with Gasteiger partial charge in [-0.1, -0.05) is 26.8 Å². The van der Waals surface area contributed by atoms with Crippen LogP contribution in [-0.4, -0.2) is 6.17 Å². The molecule has 1 aliphatic rings. The molecule has 0 radical (unpaired) electrons. The zero-order chi connectivity index (χ0) is 9.30. The third-order valence-corrected chi connectivity index (χ3v) is 2.23. The van der Waals surface area contributed by atoms with Crippen LogP contribution in [0.4, 0.5) is 8.78 Å². The van der Waals surface area contributed by atoms with Crippen LogP contribution >= 0.6 is 0 Å². The van der Waals surface area contributed by atoms with Gasteiger partial charge < -0.3 is 0 Å². The maximum Gasteiger partial charge on any atom is 0.127 e. The number of hydrogen-bond donors (Lipinski definition) is 0. The van der Waals surface area contributed by atoms with Crippen LogP contribution in [0.15, 0.2) is 23.6 Å². The molecule has 0 amide bonds. The van der Waals surface area contributed by atoms with Gasteiger partial charge in [-0.05, 0) is 17.6 Å². The average Bonchev–Trinajstić information content (AvgIpc) is 2.00. The molecule has 0 fully saturated rings. The van der Waals surface area contributed by atoms with Gasteiger partial charge in [0.05, 0.1) is 0 Å². The Labute approximate surface area is 72.0 Å². The van der Waals surface area contributed by atoms with Crippen LogP contribution in [0, 0.1) is 11.8 Å². The van der Waals surface area contributed by atoms with E-state index in [-0.39, 0.29) is 11.7 Å². The van der Waals surface area contributed by atoms with E-state index in [9.17, 15) is 8.78 Å². The van der Waals surface area contributed by atoms with Crippen molar-refractivity contribution in [2.24, 2.45) is 11.8 Å². The largest absolute Gasteiger partial charge is 0.242 e. The molecule has 0 N–H and O–H groups in total. The number of hydrogen-bond acceptors (Lipinski definition) is 0. The maximum absolute atomic E-state index is 13.3. The van der Waals surface area contributed by atoms with Crippen LogP contribution in [0.5, 0.6) is 0 Å². The highest BCUT2D eigenvalue weighted by molar-refractivity contribution is 5.31. The van der Waals surface area contributed by atoms with Crippen molar-refractivity contribution in [1.82, 2.24) is 0 Å². The third kappa shape index (κ3) is 1.57. The predicted octanol–water partition coefficient (Wildman–Crippen LogP) is 3.41. The zero-order valence-electron chi connectivity index (χ0n) is 7.64. The Bertz CT molecular complexity index is 226. The summed E-state index contributed by atoms with van der Waals surface area (Å²) in [6.07, 6.45) is 1.83. The van der Waals surface area contributed by atoms with E-state index in [0.29, 0.717) is 5.57 Å². The molecule has 1 rings (SSSR count). The molecule has 1 unspecified atom stereocenters. The topological polar surface area (TPSA) is 0 Å². The lowest BCUT2D eigenvalue weighted by Crippen LogP contribution is -2.17. The van der Waals surface area contributed by atoms with E-state index in [0.717, 1.165) is 0 Å². The van der Waals surface area contributed by atoms with Crippen molar-refractivity contribution in [2.75, 3.05) is 0 Å². The normalized spacial score (nSPS) is 30.2. The average molecular weight is 172 g/mol. The summed E-state index contributed by atoms with van der Waals surface area (Å²) in [4.78, 5) is 0. The summed E-state index contributed by atoms with van der Waals surface area (Å²) in [6, 6.07) is 0. The van der Waals surface area contributed by atoms with Crippen LogP contribution in [0.25, 0.3) is 0 Å². The number of allylic oxidation sites excluding steroid dienone is 4. The van der Waals surface area contributed by atoms with Crippen molar-refractivity contribution in [2.45, 2.75) is 26.9 Å². The highest BCUT2D eigenvalue weighted by Crippen LogP contribution is 2.31. The minimum atomic E-state index is -1.16. The van der Waals surface area contributed by atoms with E-state index in [4.69, 9.17) is 0 Å². The fourth-order valence-electron chi connectivity index (χ4n) is 1.31. The molecule has 0 saturated heterocycles. The van der Waals surface area contributed by atoms with Gasteiger partial charge in [-0.2, -0.15) is 0 Å². The number of halogens is 2. The van der Waals surface area contributed by atoms with Crippen molar-refractivity contribution in [3.8, 4) is 0 Å². The van der Waals surface area contributed by atoms with Crippen LogP contribution in [0.3, 0.4) is 0 Å². The van der Waals surface area contributed by atoms with E-state index < -0.39 is 12.1 Å². The predicted molar refractivity (Wildman–Crippen MR) is 46.2 cm³/mol. The van der Waals surface area contributed by atoms with Gasteiger partial charge in [-0.15, -0.1) is 0 Å². The van der Waals surface area contributed by atoms with Gasteiger partial charge in [0.25, 0.3) is 0 Å². The van der Waals surface area contributed by atoms with E-state index in [1.165, 1.54) is 6.08 Å². The Morgan fingerprint density at radius 2 is 2.00 bits per heavy atom. The quantitative estimate of drug-likeness (QED) is 0.568.